The van der Waals surface area contributed by atoms with Crippen molar-refractivity contribution in [2.24, 2.45) is 0 Å². The van der Waals surface area contributed by atoms with E-state index in [0.29, 0.717) is 23.8 Å². The van der Waals surface area contributed by atoms with Gasteiger partial charge in [0.1, 0.15) is 12.8 Å². The number of aldehydes is 1. The highest BCUT2D eigenvalue weighted by molar-refractivity contribution is 7.78. The lowest BCUT2D eigenvalue weighted by Crippen LogP contribution is -2.18. The largest absolute Gasteiger partial charge is 0.313 e. The van der Waals surface area contributed by atoms with Crippen LogP contribution in [0, 0.1) is 0 Å². The van der Waals surface area contributed by atoms with Gasteiger partial charge in [-0.2, -0.15) is 0 Å². The fraction of sp³-hybridized carbons (Fsp3) is 0.0526. The molecule has 3 aromatic rings. The maximum absolute atomic E-state index is 13.9. The lowest BCUT2D eigenvalue weighted by molar-refractivity contribution is 0.111. The average Bonchev–Trinajstić information content (AvgIpc) is 2.63. The smallest absolute Gasteiger partial charge is 0.168 e. The summed E-state index contributed by atoms with van der Waals surface area (Å²) in [7, 11) is -2.85. The van der Waals surface area contributed by atoms with Crippen LogP contribution in [0.3, 0.4) is 0 Å². The molecular weight excluding hydrogens is 305 g/mol. The summed E-state index contributed by atoms with van der Waals surface area (Å²) in [6.45, 7) is 0. The van der Waals surface area contributed by atoms with Gasteiger partial charge in [-0.1, -0.05) is 66.7 Å². The zero-order valence-electron chi connectivity index (χ0n) is 12.5. The maximum atomic E-state index is 13.9. The molecule has 2 aromatic carbocycles. The number of carbonyl (C=O) groups is 1. The van der Waals surface area contributed by atoms with E-state index < -0.39 is 7.14 Å². The number of hydrogen-bond donors (Lipinski definition) is 0. The SMILES string of the molecule is O=Cc1cccc(CP(=O)(c2ccccc2)c2ccccc2)n1. The first-order valence-corrected chi connectivity index (χ1v) is 9.23. The second-order valence-electron chi connectivity index (χ2n) is 5.24. The van der Waals surface area contributed by atoms with Crippen LogP contribution in [-0.2, 0) is 10.7 Å². The minimum absolute atomic E-state index is 0.294. The van der Waals surface area contributed by atoms with Gasteiger partial charge in [-0.15, -0.1) is 0 Å². The highest BCUT2D eigenvalue weighted by Crippen LogP contribution is 2.46. The molecule has 0 spiro atoms. The Bertz CT molecular complexity index is 804. The summed E-state index contributed by atoms with van der Waals surface area (Å²) < 4.78 is 13.9. The van der Waals surface area contributed by atoms with Crippen LogP contribution >= 0.6 is 7.14 Å². The van der Waals surface area contributed by atoms with Crippen molar-refractivity contribution in [2.75, 3.05) is 0 Å². The third-order valence-electron chi connectivity index (χ3n) is 3.68. The highest BCUT2D eigenvalue weighted by Gasteiger charge is 2.28. The van der Waals surface area contributed by atoms with Gasteiger partial charge in [-0.25, -0.2) is 4.98 Å². The molecule has 114 valence electrons. The standard InChI is InChI=1S/C19H16NO2P/c21-14-16-8-7-9-17(20-16)15-23(22,18-10-3-1-4-11-18)19-12-5-2-6-13-19/h1-14H,15H2. The van der Waals surface area contributed by atoms with Crippen molar-refractivity contribution in [1.29, 1.82) is 0 Å². The van der Waals surface area contributed by atoms with Crippen LogP contribution in [0.4, 0.5) is 0 Å². The van der Waals surface area contributed by atoms with Gasteiger partial charge in [0.25, 0.3) is 0 Å². The molecular formula is C19H16NO2P. The van der Waals surface area contributed by atoms with Crippen LogP contribution in [0.15, 0.2) is 78.9 Å². The number of benzene rings is 2. The Morgan fingerprint density at radius 3 is 1.87 bits per heavy atom. The Kier molecular flexibility index (Phi) is 4.50. The van der Waals surface area contributed by atoms with Crippen molar-refractivity contribution in [2.45, 2.75) is 6.16 Å². The maximum Gasteiger partial charge on any atom is 0.168 e. The topological polar surface area (TPSA) is 47.0 Å². The first kappa shape index (κ1) is 15.4. The molecule has 0 saturated carbocycles. The van der Waals surface area contributed by atoms with Gasteiger partial charge in [0.2, 0.25) is 0 Å². The molecule has 0 aliphatic heterocycles. The number of hydrogen-bond acceptors (Lipinski definition) is 3. The molecule has 0 saturated heterocycles. The Balaban J connectivity index is 2.09. The second kappa shape index (κ2) is 6.72. The lowest BCUT2D eigenvalue weighted by atomic mass is 10.3. The zero-order valence-corrected chi connectivity index (χ0v) is 13.4. The van der Waals surface area contributed by atoms with Crippen molar-refractivity contribution in [3.05, 3.63) is 90.3 Å². The van der Waals surface area contributed by atoms with Crippen LogP contribution in [0.5, 0.6) is 0 Å². The molecule has 1 heterocycles. The van der Waals surface area contributed by atoms with Crippen LogP contribution in [0.25, 0.3) is 0 Å². The number of aromatic nitrogens is 1. The predicted molar refractivity (Wildman–Crippen MR) is 93.1 cm³/mol. The Labute approximate surface area is 135 Å². The highest BCUT2D eigenvalue weighted by atomic mass is 31.2. The first-order valence-electron chi connectivity index (χ1n) is 7.34. The number of nitrogens with zero attached hydrogens (tertiary/aromatic N) is 1. The number of rotatable bonds is 5. The van der Waals surface area contributed by atoms with Gasteiger partial charge >= 0.3 is 0 Å². The Morgan fingerprint density at radius 2 is 1.35 bits per heavy atom. The number of pyridine rings is 1. The zero-order chi connectivity index (χ0) is 16.1. The fourth-order valence-electron chi connectivity index (χ4n) is 2.55. The van der Waals surface area contributed by atoms with Crippen LogP contribution in [0.1, 0.15) is 16.2 Å². The summed E-state index contributed by atoms with van der Waals surface area (Å²) in [5, 5.41) is 1.59. The fourth-order valence-corrected chi connectivity index (χ4v) is 5.15. The molecule has 4 heteroatoms. The molecule has 0 bridgehead atoms. The van der Waals surface area contributed by atoms with Crippen molar-refractivity contribution >= 4 is 24.0 Å². The minimum atomic E-state index is -2.85. The van der Waals surface area contributed by atoms with Crippen LogP contribution in [-0.4, -0.2) is 11.3 Å². The molecule has 0 radical (unpaired) electrons. The molecule has 0 N–H and O–H groups in total. The van der Waals surface area contributed by atoms with Gasteiger partial charge in [-0.3, -0.25) is 4.79 Å². The monoisotopic (exact) mass is 321 g/mol. The summed E-state index contributed by atoms with van der Waals surface area (Å²) >= 11 is 0. The third kappa shape index (κ3) is 3.30. The van der Waals surface area contributed by atoms with E-state index >= 15 is 0 Å². The van der Waals surface area contributed by atoms with Crippen LogP contribution < -0.4 is 10.6 Å². The van der Waals surface area contributed by atoms with Gasteiger partial charge in [0, 0.05) is 16.3 Å². The lowest BCUT2D eigenvalue weighted by Gasteiger charge is -2.19. The predicted octanol–water partition coefficient (Wildman–Crippen LogP) is 3.41. The van der Waals surface area contributed by atoms with E-state index in [4.69, 9.17) is 0 Å². The molecule has 0 atom stereocenters. The Hall–Kier alpha value is -2.51. The second-order valence-corrected chi connectivity index (χ2v) is 8.07. The van der Waals surface area contributed by atoms with Crippen molar-refractivity contribution in [3.8, 4) is 0 Å². The molecule has 3 nitrogen and oxygen atoms in total. The molecule has 3 rings (SSSR count). The number of carbonyl (C=O) groups excluding carboxylic acids is 1. The summed E-state index contributed by atoms with van der Waals surface area (Å²) in [6, 6.07) is 24.1. The molecule has 0 unspecified atom stereocenters. The molecule has 0 fully saturated rings. The van der Waals surface area contributed by atoms with E-state index in [0.717, 1.165) is 10.6 Å². The first-order chi connectivity index (χ1) is 11.2. The summed E-state index contributed by atoms with van der Waals surface area (Å²) in [4.78, 5) is 15.2. The van der Waals surface area contributed by atoms with E-state index in [2.05, 4.69) is 4.98 Å². The molecule has 0 aliphatic rings. The van der Waals surface area contributed by atoms with E-state index in [9.17, 15) is 9.36 Å². The van der Waals surface area contributed by atoms with Crippen LogP contribution in [0.2, 0.25) is 0 Å². The molecule has 0 aliphatic carbocycles. The summed E-state index contributed by atoms with van der Waals surface area (Å²) in [5.41, 5.74) is 1.01. The van der Waals surface area contributed by atoms with Crippen molar-refractivity contribution < 1.29 is 9.36 Å². The van der Waals surface area contributed by atoms with Gasteiger partial charge < -0.3 is 4.57 Å². The van der Waals surface area contributed by atoms with Gasteiger partial charge in [0.15, 0.2) is 6.29 Å². The molecule has 0 amide bonds. The van der Waals surface area contributed by atoms with Crippen molar-refractivity contribution in [1.82, 2.24) is 4.98 Å². The molecule has 23 heavy (non-hydrogen) atoms. The van der Waals surface area contributed by atoms with Gasteiger partial charge in [0.05, 0.1) is 6.16 Å². The van der Waals surface area contributed by atoms with E-state index in [1.54, 1.807) is 12.1 Å². The minimum Gasteiger partial charge on any atom is -0.313 e. The summed E-state index contributed by atoms with van der Waals surface area (Å²) in [6.07, 6.45) is 1.00. The van der Waals surface area contributed by atoms with Gasteiger partial charge in [-0.05, 0) is 12.1 Å². The van der Waals surface area contributed by atoms with Crippen molar-refractivity contribution in [3.63, 3.8) is 0 Å². The summed E-state index contributed by atoms with van der Waals surface area (Å²) in [5.74, 6) is 0. The Morgan fingerprint density at radius 1 is 0.783 bits per heavy atom. The third-order valence-corrected chi connectivity index (χ3v) is 6.71. The quantitative estimate of drug-likeness (QED) is 0.534. The van der Waals surface area contributed by atoms with E-state index in [-0.39, 0.29) is 0 Å². The van der Waals surface area contributed by atoms with E-state index in [1.165, 1.54) is 0 Å². The normalized spacial score (nSPS) is 11.1. The molecule has 1 aromatic heterocycles. The van der Waals surface area contributed by atoms with E-state index in [1.807, 2.05) is 66.7 Å². The average molecular weight is 321 g/mol.